The number of hydrogen-bond acceptors (Lipinski definition) is 5. The van der Waals surface area contributed by atoms with Crippen molar-refractivity contribution < 1.29 is 9.47 Å². The highest BCUT2D eigenvalue weighted by Gasteiger charge is 2.10. The van der Waals surface area contributed by atoms with Crippen molar-refractivity contribution in [3.63, 3.8) is 0 Å². The minimum atomic E-state index is 0.0910. The molecule has 0 unspecified atom stereocenters. The topological polar surface area (TPSA) is 70.3 Å². The van der Waals surface area contributed by atoms with E-state index < -0.39 is 0 Å². The molecule has 0 spiro atoms. The van der Waals surface area contributed by atoms with Crippen molar-refractivity contribution in [1.82, 2.24) is 9.97 Å². The molecule has 0 amide bonds. The lowest BCUT2D eigenvalue weighted by Crippen LogP contribution is -2.06. The van der Waals surface area contributed by atoms with Crippen LogP contribution in [0.1, 0.15) is 19.5 Å². The second-order valence-corrected chi connectivity index (χ2v) is 4.76. The first-order valence-electron chi connectivity index (χ1n) is 6.45. The van der Waals surface area contributed by atoms with Gasteiger partial charge >= 0.3 is 0 Å². The summed E-state index contributed by atoms with van der Waals surface area (Å²) in [6.45, 7) is 5.78. The minimum Gasteiger partial charge on any atom is -0.493 e. The van der Waals surface area contributed by atoms with E-state index in [9.17, 15) is 0 Å². The van der Waals surface area contributed by atoms with Crippen LogP contribution in [0.15, 0.2) is 24.4 Å². The molecule has 1 aromatic heterocycles. The van der Waals surface area contributed by atoms with Crippen molar-refractivity contribution in [2.75, 3.05) is 12.8 Å². The van der Waals surface area contributed by atoms with E-state index in [0.29, 0.717) is 23.0 Å². The molecule has 0 aliphatic carbocycles. The number of ether oxygens (including phenoxy) is 2. The highest BCUT2D eigenvalue weighted by molar-refractivity contribution is 5.64. The molecule has 0 radical (unpaired) electrons. The van der Waals surface area contributed by atoms with E-state index >= 15 is 0 Å². The fraction of sp³-hybridized carbons (Fsp3) is 0.333. The summed E-state index contributed by atoms with van der Waals surface area (Å²) in [6.07, 6.45) is 1.74. The molecule has 0 aliphatic heterocycles. The molecule has 1 aromatic carbocycles. The molecular weight excluding hydrogens is 254 g/mol. The maximum absolute atomic E-state index is 5.69. The van der Waals surface area contributed by atoms with E-state index in [1.54, 1.807) is 13.3 Å². The summed E-state index contributed by atoms with van der Waals surface area (Å²) in [6, 6.07) is 5.69. The van der Waals surface area contributed by atoms with Crippen LogP contribution in [0.25, 0.3) is 11.3 Å². The van der Waals surface area contributed by atoms with Gasteiger partial charge in [-0.15, -0.1) is 0 Å². The predicted molar refractivity (Wildman–Crippen MR) is 78.9 cm³/mol. The zero-order valence-electron chi connectivity index (χ0n) is 12.2. The van der Waals surface area contributed by atoms with Crippen LogP contribution in [0.4, 0.5) is 5.82 Å². The monoisotopic (exact) mass is 273 g/mol. The molecule has 0 bridgehead atoms. The molecule has 2 N–H and O–H groups in total. The summed E-state index contributed by atoms with van der Waals surface area (Å²) in [5, 5.41) is 0. The van der Waals surface area contributed by atoms with Gasteiger partial charge in [-0.3, -0.25) is 0 Å². The number of hydrogen-bond donors (Lipinski definition) is 1. The quantitative estimate of drug-likeness (QED) is 0.927. The van der Waals surface area contributed by atoms with Crippen molar-refractivity contribution in [3.8, 4) is 22.8 Å². The molecular formula is C15H19N3O2. The van der Waals surface area contributed by atoms with E-state index in [4.69, 9.17) is 15.2 Å². The highest BCUT2D eigenvalue weighted by atomic mass is 16.5. The Kier molecular flexibility index (Phi) is 4.08. The lowest BCUT2D eigenvalue weighted by atomic mass is 10.1. The molecule has 1 heterocycles. The Labute approximate surface area is 118 Å². The summed E-state index contributed by atoms with van der Waals surface area (Å²) in [4.78, 5) is 8.55. The van der Waals surface area contributed by atoms with Crippen LogP contribution in [-0.4, -0.2) is 23.2 Å². The van der Waals surface area contributed by atoms with Gasteiger partial charge in [0.2, 0.25) is 0 Å². The lowest BCUT2D eigenvalue weighted by Gasteiger charge is -2.14. The average molecular weight is 273 g/mol. The van der Waals surface area contributed by atoms with Gasteiger partial charge in [0.25, 0.3) is 0 Å². The Morgan fingerprint density at radius 3 is 2.55 bits per heavy atom. The van der Waals surface area contributed by atoms with E-state index in [1.807, 2.05) is 39.0 Å². The van der Waals surface area contributed by atoms with Crippen LogP contribution < -0.4 is 15.2 Å². The number of anilines is 1. The van der Waals surface area contributed by atoms with Crippen molar-refractivity contribution in [1.29, 1.82) is 0 Å². The van der Waals surface area contributed by atoms with Crippen molar-refractivity contribution in [3.05, 3.63) is 30.1 Å². The maximum atomic E-state index is 5.69. The molecule has 0 saturated carbocycles. The summed E-state index contributed by atoms with van der Waals surface area (Å²) >= 11 is 0. The van der Waals surface area contributed by atoms with Gasteiger partial charge in [0.1, 0.15) is 5.82 Å². The highest BCUT2D eigenvalue weighted by Crippen LogP contribution is 2.32. The summed E-state index contributed by atoms with van der Waals surface area (Å²) in [7, 11) is 1.62. The van der Waals surface area contributed by atoms with Crippen molar-refractivity contribution >= 4 is 5.82 Å². The van der Waals surface area contributed by atoms with Crippen molar-refractivity contribution in [2.45, 2.75) is 26.9 Å². The number of nitrogens with zero attached hydrogens (tertiary/aromatic N) is 2. The molecule has 2 rings (SSSR count). The van der Waals surface area contributed by atoms with Crippen LogP contribution in [-0.2, 0) is 0 Å². The third kappa shape index (κ3) is 2.99. The Hall–Kier alpha value is -2.30. The fourth-order valence-corrected chi connectivity index (χ4v) is 1.81. The molecule has 5 nitrogen and oxygen atoms in total. The molecule has 0 aliphatic rings. The largest absolute Gasteiger partial charge is 0.493 e. The first-order valence-corrected chi connectivity index (χ1v) is 6.45. The number of methoxy groups -OCH3 is 1. The lowest BCUT2D eigenvalue weighted by molar-refractivity contribution is 0.230. The molecule has 20 heavy (non-hydrogen) atoms. The van der Waals surface area contributed by atoms with Crippen LogP contribution in [0, 0.1) is 6.92 Å². The number of aryl methyl sites for hydroxylation is 1. The minimum absolute atomic E-state index is 0.0910. The van der Waals surface area contributed by atoms with Gasteiger partial charge in [-0.1, -0.05) is 0 Å². The van der Waals surface area contributed by atoms with Crippen LogP contribution in [0.3, 0.4) is 0 Å². The second kappa shape index (κ2) is 5.77. The van der Waals surface area contributed by atoms with Gasteiger partial charge in [-0.25, -0.2) is 9.97 Å². The van der Waals surface area contributed by atoms with Crippen LogP contribution in [0.5, 0.6) is 11.5 Å². The van der Waals surface area contributed by atoms with Crippen LogP contribution >= 0.6 is 0 Å². The number of rotatable bonds is 4. The normalized spacial score (nSPS) is 10.7. The molecule has 106 valence electrons. The third-order valence-corrected chi connectivity index (χ3v) is 2.81. The van der Waals surface area contributed by atoms with Gasteiger partial charge in [0.15, 0.2) is 11.5 Å². The zero-order chi connectivity index (χ0) is 14.7. The molecule has 0 atom stereocenters. The SMILES string of the molecule is COc1cc(-c2cnc(N)c(C)n2)ccc1OC(C)C. The van der Waals surface area contributed by atoms with E-state index in [-0.39, 0.29) is 6.10 Å². The summed E-state index contributed by atoms with van der Waals surface area (Å²) in [5.74, 6) is 1.83. The van der Waals surface area contributed by atoms with E-state index in [0.717, 1.165) is 11.3 Å². The predicted octanol–water partition coefficient (Wildman–Crippen LogP) is 2.83. The Morgan fingerprint density at radius 1 is 1.20 bits per heavy atom. The second-order valence-electron chi connectivity index (χ2n) is 4.76. The average Bonchev–Trinajstić information content (AvgIpc) is 2.42. The third-order valence-electron chi connectivity index (χ3n) is 2.81. The molecule has 0 saturated heterocycles. The van der Waals surface area contributed by atoms with E-state index in [1.165, 1.54) is 0 Å². The number of nitrogens with two attached hydrogens (primary N) is 1. The smallest absolute Gasteiger partial charge is 0.161 e. The molecule has 0 fully saturated rings. The Morgan fingerprint density at radius 2 is 1.95 bits per heavy atom. The van der Waals surface area contributed by atoms with Gasteiger partial charge in [-0.2, -0.15) is 0 Å². The Bertz CT molecular complexity index is 612. The van der Waals surface area contributed by atoms with Gasteiger partial charge in [0, 0.05) is 5.56 Å². The molecule has 5 heteroatoms. The van der Waals surface area contributed by atoms with E-state index in [2.05, 4.69) is 9.97 Å². The first kappa shape index (κ1) is 14.1. The number of nitrogen functional groups attached to an aromatic ring is 1. The Balaban J connectivity index is 2.40. The van der Waals surface area contributed by atoms with Crippen molar-refractivity contribution in [2.24, 2.45) is 0 Å². The molecule has 2 aromatic rings. The standard InChI is InChI=1S/C15H19N3O2/c1-9(2)20-13-6-5-11(7-14(13)19-4)12-8-17-15(16)10(3)18-12/h5-9H,1-4H3,(H2,16,17). The summed E-state index contributed by atoms with van der Waals surface area (Å²) in [5.41, 5.74) is 8.06. The maximum Gasteiger partial charge on any atom is 0.161 e. The first-order chi connectivity index (χ1) is 9.51. The van der Waals surface area contributed by atoms with Crippen LogP contribution in [0.2, 0.25) is 0 Å². The number of aromatic nitrogens is 2. The fourth-order valence-electron chi connectivity index (χ4n) is 1.81. The number of benzene rings is 1. The zero-order valence-corrected chi connectivity index (χ0v) is 12.2. The summed E-state index contributed by atoms with van der Waals surface area (Å²) < 4.78 is 11.1. The van der Waals surface area contributed by atoms with Gasteiger partial charge in [-0.05, 0) is 39.0 Å². The van der Waals surface area contributed by atoms with Gasteiger partial charge in [0.05, 0.1) is 30.8 Å². The van der Waals surface area contributed by atoms with Gasteiger partial charge < -0.3 is 15.2 Å².